The highest BCUT2D eigenvalue weighted by Gasteiger charge is 2.17. The minimum atomic E-state index is -0.204. The van der Waals surface area contributed by atoms with E-state index in [4.69, 9.17) is 0 Å². The molecule has 0 aliphatic heterocycles. The molecule has 2 rings (SSSR count). The maximum atomic E-state index is 12.9. The van der Waals surface area contributed by atoms with Gasteiger partial charge in [-0.3, -0.25) is 0 Å². The zero-order valence-corrected chi connectivity index (χ0v) is 16.2. The van der Waals surface area contributed by atoms with Crippen LogP contribution in [0, 0.1) is 5.82 Å². The van der Waals surface area contributed by atoms with Crippen LogP contribution in [0.4, 0.5) is 4.39 Å². The summed E-state index contributed by atoms with van der Waals surface area (Å²) in [4.78, 5) is 9.28. The predicted octanol–water partition coefficient (Wildman–Crippen LogP) is 3.88. The van der Waals surface area contributed by atoms with Gasteiger partial charge in [-0.15, -0.1) is 11.3 Å². The highest BCUT2D eigenvalue weighted by Crippen LogP contribution is 2.24. The Morgan fingerprint density at radius 1 is 1.20 bits per heavy atom. The van der Waals surface area contributed by atoms with Crippen molar-refractivity contribution in [2.75, 3.05) is 13.1 Å². The summed E-state index contributed by atoms with van der Waals surface area (Å²) < 4.78 is 12.9. The molecule has 0 aliphatic carbocycles. The molecule has 0 spiro atoms. The van der Waals surface area contributed by atoms with Crippen LogP contribution in [0.1, 0.15) is 44.0 Å². The van der Waals surface area contributed by atoms with E-state index in [2.05, 4.69) is 46.8 Å². The van der Waals surface area contributed by atoms with Gasteiger partial charge in [0.05, 0.1) is 12.2 Å². The lowest BCUT2D eigenvalue weighted by Crippen LogP contribution is -2.38. The Hall–Kier alpha value is -1.95. The molecule has 0 unspecified atom stereocenters. The van der Waals surface area contributed by atoms with Crippen LogP contribution in [0.3, 0.4) is 0 Å². The van der Waals surface area contributed by atoms with Gasteiger partial charge in [-0.25, -0.2) is 14.4 Å². The summed E-state index contributed by atoms with van der Waals surface area (Å²) in [5, 5.41) is 9.68. The summed E-state index contributed by atoms with van der Waals surface area (Å²) in [7, 11) is 0. The fourth-order valence-electron chi connectivity index (χ4n) is 2.19. The first-order chi connectivity index (χ1) is 11.9. The Labute approximate surface area is 153 Å². The normalized spacial score (nSPS) is 12.3. The molecule has 0 saturated heterocycles. The van der Waals surface area contributed by atoms with Gasteiger partial charge in [0, 0.05) is 23.9 Å². The van der Waals surface area contributed by atoms with Crippen molar-refractivity contribution in [1.29, 1.82) is 0 Å². The fraction of sp³-hybridized carbons (Fsp3) is 0.474. The average Bonchev–Trinajstić information content (AvgIpc) is 3.04. The van der Waals surface area contributed by atoms with E-state index in [-0.39, 0.29) is 11.2 Å². The van der Waals surface area contributed by atoms with Gasteiger partial charge in [-0.2, -0.15) is 0 Å². The van der Waals surface area contributed by atoms with Crippen molar-refractivity contribution in [3.63, 3.8) is 0 Å². The Morgan fingerprint density at radius 2 is 1.92 bits per heavy atom. The molecule has 0 atom stereocenters. The Morgan fingerprint density at radius 3 is 2.52 bits per heavy atom. The van der Waals surface area contributed by atoms with Gasteiger partial charge in [0.1, 0.15) is 10.8 Å². The summed E-state index contributed by atoms with van der Waals surface area (Å²) in [6.07, 6.45) is 0.816. The summed E-state index contributed by atoms with van der Waals surface area (Å²) >= 11 is 1.65. The number of nitrogens with one attached hydrogen (secondary N) is 2. The maximum absolute atomic E-state index is 12.9. The quantitative estimate of drug-likeness (QED) is 0.606. The lowest BCUT2D eigenvalue weighted by Gasteiger charge is -2.14. The monoisotopic (exact) mass is 362 g/mol. The van der Waals surface area contributed by atoms with Crippen LogP contribution in [0.5, 0.6) is 0 Å². The first-order valence-electron chi connectivity index (χ1n) is 8.60. The van der Waals surface area contributed by atoms with Gasteiger partial charge >= 0.3 is 0 Å². The van der Waals surface area contributed by atoms with Crippen molar-refractivity contribution in [3.8, 4) is 0 Å². The second-order valence-corrected chi connectivity index (χ2v) is 7.82. The Kier molecular flexibility index (Phi) is 6.93. The number of aliphatic imine (C=N–C) groups is 1. The van der Waals surface area contributed by atoms with Crippen molar-refractivity contribution < 1.29 is 4.39 Å². The van der Waals surface area contributed by atoms with Crippen LogP contribution >= 0.6 is 11.3 Å². The molecule has 0 radical (unpaired) electrons. The third kappa shape index (κ3) is 6.46. The molecule has 1 aromatic heterocycles. The van der Waals surface area contributed by atoms with E-state index in [0.717, 1.165) is 41.7 Å². The van der Waals surface area contributed by atoms with Crippen LogP contribution in [0.25, 0.3) is 0 Å². The maximum Gasteiger partial charge on any atom is 0.191 e. The summed E-state index contributed by atoms with van der Waals surface area (Å²) in [5.41, 5.74) is 2.27. The van der Waals surface area contributed by atoms with E-state index >= 15 is 0 Å². The van der Waals surface area contributed by atoms with Gasteiger partial charge in [0.15, 0.2) is 5.96 Å². The Balaban J connectivity index is 1.89. The molecule has 136 valence electrons. The zero-order chi connectivity index (χ0) is 18.3. The third-order valence-corrected chi connectivity index (χ3v) is 4.49. The lowest BCUT2D eigenvalue weighted by atomic mass is 9.93. The zero-order valence-electron chi connectivity index (χ0n) is 15.4. The lowest BCUT2D eigenvalue weighted by molar-refractivity contribution is 0.571. The number of aromatic nitrogens is 1. The highest BCUT2D eigenvalue weighted by atomic mass is 32.1. The molecule has 25 heavy (non-hydrogen) atoms. The van der Waals surface area contributed by atoms with Crippen molar-refractivity contribution >= 4 is 17.3 Å². The van der Waals surface area contributed by atoms with E-state index in [1.165, 1.54) is 12.1 Å². The van der Waals surface area contributed by atoms with Gasteiger partial charge in [0.25, 0.3) is 0 Å². The van der Waals surface area contributed by atoms with Gasteiger partial charge < -0.3 is 10.6 Å². The molecule has 6 heteroatoms. The fourth-order valence-corrected chi connectivity index (χ4v) is 3.14. The summed E-state index contributed by atoms with van der Waals surface area (Å²) in [5.74, 6) is 0.571. The van der Waals surface area contributed by atoms with Gasteiger partial charge in [-0.1, -0.05) is 32.9 Å². The standard InChI is InChI=1S/C19H27FN4S/c1-5-21-18(22-11-10-14-6-8-15(20)9-7-14)23-12-17-24-16(13-25-17)19(2,3)4/h6-9,13H,5,10-12H2,1-4H3,(H2,21,22,23). The Bertz CT molecular complexity index is 686. The number of rotatable bonds is 6. The molecular formula is C19H27FN4S. The first kappa shape index (κ1) is 19.4. The van der Waals surface area contributed by atoms with Crippen molar-refractivity contribution in [1.82, 2.24) is 15.6 Å². The van der Waals surface area contributed by atoms with Crippen LogP contribution in [-0.4, -0.2) is 24.0 Å². The largest absolute Gasteiger partial charge is 0.357 e. The van der Waals surface area contributed by atoms with E-state index in [9.17, 15) is 4.39 Å². The number of hydrogen-bond acceptors (Lipinski definition) is 3. The second kappa shape index (κ2) is 8.94. The minimum Gasteiger partial charge on any atom is -0.357 e. The topological polar surface area (TPSA) is 49.3 Å². The number of hydrogen-bond donors (Lipinski definition) is 2. The van der Waals surface area contributed by atoms with Crippen molar-refractivity contribution in [2.24, 2.45) is 4.99 Å². The van der Waals surface area contributed by atoms with Crippen molar-refractivity contribution in [2.45, 2.75) is 46.1 Å². The molecular weight excluding hydrogens is 335 g/mol. The molecule has 0 bridgehead atoms. The molecule has 2 aromatic rings. The average molecular weight is 363 g/mol. The smallest absolute Gasteiger partial charge is 0.191 e. The predicted molar refractivity (Wildman–Crippen MR) is 104 cm³/mol. The van der Waals surface area contributed by atoms with Crippen LogP contribution in [0.15, 0.2) is 34.6 Å². The third-order valence-electron chi connectivity index (χ3n) is 3.66. The van der Waals surface area contributed by atoms with Crippen molar-refractivity contribution in [3.05, 3.63) is 51.7 Å². The summed E-state index contributed by atoms with van der Waals surface area (Å²) in [6, 6.07) is 6.60. The number of guanidine groups is 1. The molecule has 1 heterocycles. The van der Waals surface area contributed by atoms with Crippen LogP contribution in [0.2, 0.25) is 0 Å². The van der Waals surface area contributed by atoms with E-state index < -0.39 is 0 Å². The first-order valence-corrected chi connectivity index (χ1v) is 9.48. The molecule has 0 aliphatic rings. The van der Waals surface area contributed by atoms with E-state index in [1.807, 2.05) is 19.1 Å². The molecule has 4 nitrogen and oxygen atoms in total. The molecule has 1 aromatic carbocycles. The number of thiazole rings is 1. The minimum absolute atomic E-state index is 0.0658. The second-order valence-electron chi connectivity index (χ2n) is 6.87. The van der Waals surface area contributed by atoms with E-state index in [1.54, 1.807) is 11.3 Å². The van der Waals surface area contributed by atoms with Gasteiger partial charge in [-0.05, 0) is 31.0 Å². The van der Waals surface area contributed by atoms with E-state index in [0.29, 0.717) is 6.54 Å². The summed E-state index contributed by atoms with van der Waals surface area (Å²) in [6.45, 7) is 10.6. The molecule has 2 N–H and O–H groups in total. The number of halogens is 1. The van der Waals surface area contributed by atoms with Gasteiger partial charge in [0.2, 0.25) is 0 Å². The van der Waals surface area contributed by atoms with Crippen LogP contribution < -0.4 is 10.6 Å². The highest BCUT2D eigenvalue weighted by molar-refractivity contribution is 7.09. The number of nitrogens with zero attached hydrogens (tertiary/aromatic N) is 2. The van der Waals surface area contributed by atoms with Crippen LogP contribution in [-0.2, 0) is 18.4 Å². The molecule has 0 amide bonds. The molecule has 0 fully saturated rings. The number of benzene rings is 1. The molecule has 0 saturated carbocycles. The SMILES string of the molecule is CCNC(=NCc1nc(C(C)(C)C)cs1)NCCc1ccc(F)cc1.